The van der Waals surface area contributed by atoms with Crippen LogP contribution in [0.5, 0.6) is 0 Å². The lowest BCUT2D eigenvalue weighted by atomic mass is 9.91. The van der Waals surface area contributed by atoms with Crippen LogP contribution < -0.4 is 0 Å². The normalized spacial score (nSPS) is 14.6. The molecule has 0 rings (SSSR count). The first-order chi connectivity index (χ1) is 8.10. The molecule has 0 aliphatic heterocycles. The highest BCUT2D eigenvalue weighted by Crippen LogP contribution is 2.17. The molecular weight excluding hydrogens is 210 g/mol. The van der Waals surface area contributed by atoms with Gasteiger partial charge in [0.25, 0.3) is 0 Å². The molecule has 0 aromatic carbocycles. The van der Waals surface area contributed by atoms with Crippen LogP contribution in [-0.2, 0) is 4.79 Å². The number of carbonyl (C=O) groups is 1. The first-order valence-electron chi connectivity index (χ1n) is 6.67. The monoisotopic (exact) mass is 237 g/mol. The highest BCUT2D eigenvalue weighted by Gasteiger charge is 2.09. The zero-order chi connectivity index (χ0) is 13.3. The smallest absolute Gasteiger partial charge is 0.226 e. The number of carbonyl (C=O) groups excluding carboxylic acids is 1. The van der Waals surface area contributed by atoms with Gasteiger partial charge in [0.05, 0.1) is 0 Å². The van der Waals surface area contributed by atoms with Gasteiger partial charge in [-0.15, -0.1) is 6.58 Å². The summed E-state index contributed by atoms with van der Waals surface area (Å²) in [6.07, 6.45) is 7.74. The lowest BCUT2D eigenvalue weighted by Gasteiger charge is -2.18. The Morgan fingerprint density at radius 1 is 1.29 bits per heavy atom. The van der Waals surface area contributed by atoms with Gasteiger partial charge in [0.2, 0.25) is 5.91 Å². The standard InChI is InChI=1S/C15H27NO/c1-6-14(7-2)13(5)11-10-12-15(17)16(8-3)9-4/h6,10-11,13-14H,1,7-9,12H2,2-5H3. The predicted molar refractivity (Wildman–Crippen MR) is 74.8 cm³/mol. The summed E-state index contributed by atoms with van der Waals surface area (Å²) in [5.74, 6) is 1.18. The van der Waals surface area contributed by atoms with E-state index in [1.807, 2.05) is 30.9 Å². The molecule has 0 saturated heterocycles. The van der Waals surface area contributed by atoms with Gasteiger partial charge in [0.1, 0.15) is 0 Å². The summed E-state index contributed by atoms with van der Waals surface area (Å²) in [5.41, 5.74) is 0. The molecule has 0 N–H and O–H groups in total. The van der Waals surface area contributed by atoms with Gasteiger partial charge in [0, 0.05) is 19.5 Å². The van der Waals surface area contributed by atoms with Crippen LogP contribution in [0.2, 0.25) is 0 Å². The van der Waals surface area contributed by atoms with E-state index in [2.05, 4.69) is 26.5 Å². The average Bonchev–Trinajstić information content (AvgIpc) is 2.32. The van der Waals surface area contributed by atoms with Crippen molar-refractivity contribution >= 4 is 5.91 Å². The van der Waals surface area contributed by atoms with Crippen LogP contribution in [0.25, 0.3) is 0 Å². The Morgan fingerprint density at radius 2 is 1.88 bits per heavy atom. The van der Waals surface area contributed by atoms with Gasteiger partial charge >= 0.3 is 0 Å². The van der Waals surface area contributed by atoms with Crippen molar-refractivity contribution in [1.29, 1.82) is 0 Å². The predicted octanol–water partition coefficient (Wildman–Crippen LogP) is 3.65. The number of hydrogen-bond donors (Lipinski definition) is 0. The van der Waals surface area contributed by atoms with Crippen LogP contribution in [0, 0.1) is 11.8 Å². The van der Waals surface area contributed by atoms with Gasteiger partial charge in [-0.1, -0.05) is 32.1 Å². The number of nitrogens with zero attached hydrogens (tertiary/aromatic N) is 1. The van der Waals surface area contributed by atoms with Crippen LogP contribution in [0.4, 0.5) is 0 Å². The van der Waals surface area contributed by atoms with Gasteiger partial charge in [-0.3, -0.25) is 4.79 Å². The molecular formula is C15H27NO. The molecule has 0 aromatic rings. The summed E-state index contributed by atoms with van der Waals surface area (Å²) >= 11 is 0. The third-order valence-corrected chi connectivity index (χ3v) is 3.30. The summed E-state index contributed by atoms with van der Waals surface area (Å²) in [4.78, 5) is 13.6. The van der Waals surface area contributed by atoms with E-state index in [0.29, 0.717) is 18.3 Å². The van der Waals surface area contributed by atoms with Crippen LogP contribution in [0.3, 0.4) is 0 Å². The molecule has 2 nitrogen and oxygen atoms in total. The molecule has 2 heteroatoms. The second-order valence-electron chi connectivity index (χ2n) is 4.37. The molecule has 0 spiro atoms. The average molecular weight is 237 g/mol. The molecule has 0 heterocycles. The Labute approximate surface area is 106 Å². The number of hydrogen-bond acceptors (Lipinski definition) is 1. The van der Waals surface area contributed by atoms with E-state index in [9.17, 15) is 4.79 Å². The maximum absolute atomic E-state index is 11.8. The third kappa shape index (κ3) is 5.71. The van der Waals surface area contributed by atoms with Gasteiger partial charge in [0.15, 0.2) is 0 Å². The van der Waals surface area contributed by atoms with Crippen molar-refractivity contribution in [1.82, 2.24) is 4.90 Å². The molecule has 0 aliphatic rings. The SMILES string of the molecule is C=CC(CC)C(C)C=CCC(=O)N(CC)CC. The lowest BCUT2D eigenvalue weighted by Crippen LogP contribution is -2.29. The van der Waals surface area contributed by atoms with Gasteiger partial charge in [-0.25, -0.2) is 0 Å². The maximum Gasteiger partial charge on any atom is 0.226 e. The van der Waals surface area contributed by atoms with Gasteiger partial charge in [-0.2, -0.15) is 0 Å². The Morgan fingerprint density at radius 3 is 2.29 bits per heavy atom. The van der Waals surface area contributed by atoms with Crippen molar-refractivity contribution in [2.75, 3.05) is 13.1 Å². The highest BCUT2D eigenvalue weighted by atomic mass is 16.2. The Hall–Kier alpha value is -1.05. The third-order valence-electron chi connectivity index (χ3n) is 3.30. The first kappa shape index (κ1) is 16.0. The summed E-state index contributed by atoms with van der Waals surface area (Å²) in [5, 5.41) is 0. The number of allylic oxidation sites excluding steroid dienone is 2. The number of amides is 1. The molecule has 2 unspecified atom stereocenters. The summed E-state index contributed by atoms with van der Waals surface area (Å²) in [6, 6.07) is 0. The van der Waals surface area contributed by atoms with Crippen LogP contribution in [-0.4, -0.2) is 23.9 Å². The van der Waals surface area contributed by atoms with Crippen LogP contribution in [0.15, 0.2) is 24.8 Å². The largest absolute Gasteiger partial charge is 0.343 e. The highest BCUT2D eigenvalue weighted by molar-refractivity contribution is 5.77. The van der Waals surface area contributed by atoms with E-state index in [1.54, 1.807) is 0 Å². The minimum absolute atomic E-state index is 0.213. The van der Waals surface area contributed by atoms with Crippen LogP contribution in [0.1, 0.15) is 40.5 Å². The Bertz CT molecular complexity index is 254. The van der Waals surface area contributed by atoms with E-state index >= 15 is 0 Å². The molecule has 0 aromatic heterocycles. The Kier molecular flexibility index (Phi) is 8.47. The van der Waals surface area contributed by atoms with Gasteiger partial charge in [-0.05, 0) is 32.1 Å². The van der Waals surface area contributed by atoms with E-state index in [0.717, 1.165) is 19.5 Å². The second kappa shape index (κ2) is 9.03. The molecule has 0 aliphatic carbocycles. The molecule has 98 valence electrons. The van der Waals surface area contributed by atoms with E-state index in [1.165, 1.54) is 0 Å². The minimum Gasteiger partial charge on any atom is -0.343 e. The summed E-state index contributed by atoms with van der Waals surface area (Å²) in [7, 11) is 0. The van der Waals surface area contributed by atoms with Crippen molar-refractivity contribution in [3.8, 4) is 0 Å². The molecule has 17 heavy (non-hydrogen) atoms. The molecule has 0 saturated carbocycles. The lowest BCUT2D eigenvalue weighted by molar-refractivity contribution is -0.129. The fraction of sp³-hybridized carbons (Fsp3) is 0.667. The van der Waals surface area contributed by atoms with E-state index in [4.69, 9.17) is 0 Å². The minimum atomic E-state index is 0.213. The van der Waals surface area contributed by atoms with Crippen molar-refractivity contribution in [2.45, 2.75) is 40.5 Å². The van der Waals surface area contributed by atoms with E-state index < -0.39 is 0 Å². The second-order valence-corrected chi connectivity index (χ2v) is 4.37. The molecule has 0 bridgehead atoms. The van der Waals surface area contributed by atoms with Gasteiger partial charge < -0.3 is 4.90 Å². The molecule has 2 atom stereocenters. The number of rotatable bonds is 8. The topological polar surface area (TPSA) is 20.3 Å². The summed E-state index contributed by atoms with van der Waals surface area (Å²) < 4.78 is 0. The fourth-order valence-corrected chi connectivity index (χ4v) is 1.98. The Balaban J connectivity index is 4.18. The van der Waals surface area contributed by atoms with Crippen molar-refractivity contribution in [2.24, 2.45) is 11.8 Å². The fourth-order valence-electron chi connectivity index (χ4n) is 1.98. The molecule has 1 amide bonds. The quantitative estimate of drug-likeness (QED) is 0.590. The van der Waals surface area contributed by atoms with Crippen molar-refractivity contribution in [3.63, 3.8) is 0 Å². The van der Waals surface area contributed by atoms with Crippen molar-refractivity contribution in [3.05, 3.63) is 24.8 Å². The molecule has 0 fully saturated rings. The molecule has 0 radical (unpaired) electrons. The zero-order valence-electron chi connectivity index (χ0n) is 11.8. The first-order valence-corrected chi connectivity index (χ1v) is 6.67. The van der Waals surface area contributed by atoms with E-state index in [-0.39, 0.29) is 5.91 Å². The summed E-state index contributed by atoms with van der Waals surface area (Å²) in [6.45, 7) is 13.8. The van der Waals surface area contributed by atoms with Crippen molar-refractivity contribution < 1.29 is 4.79 Å². The van der Waals surface area contributed by atoms with Crippen LogP contribution >= 0.6 is 0 Å². The maximum atomic E-state index is 11.8. The zero-order valence-corrected chi connectivity index (χ0v) is 11.8.